The smallest absolute Gasteiger partial charge is 0.166 e. The molecule has 5 rings (SSSR count). The summed E-state index contributed by atoms with van der Waals surface area (Å²) >= 11 is 0. The predicted molar refractivity (Wildman–Crippen MR) is 112 cm³/mol. The van der Waals surface area contributed by atoms with E-state index >= 15 is 0 Å². The zero-order valence-corrected chi connectivity index (χ0v) is 16.7. The first-order valence-corrected chi connectivity index (χ1v) is 9.85. The second-order valence-electron chi connectivity index (χ2n) is 7.64. The first-order chi connectivity index (χ1) is 14.5. The fourth-order valence-corrected chi connectivity index (χ4v) is 4.21. The van der Waals surface area contributed by atoms with E-state index in [4.69, 9.17) is 9.72 Å². The molecule has 4 aromatic rings. The minimum atomic E-state index is -0.286. The third-order valence-electron chi connectivity index (χ3n) is 5.76. The van der Waals surface area contributed by atoms with Crippen LogP contribution in [0.4, 0.5) is 4.39 Å². The Morgan fingerprint density at radius 1 is 1.07 bits per heavy atom. The summed E-state index contributed by atoms with van der Waals surface area (Å²) in [5.41, 5.74) is 5.68. The van der Waals surface area contributed by atoms with Crippen LogP contribution < -0.4 is 4.74 Å². The van der Waals surface area contributed by atoms with Gasteiger partial charge in [-0.1, -0.05) is 24.3 Å². The van der Waals surface area contributed by atoms with Crippen molar-refractivity contribution in [3.05, 3.63) is 83.1 Å². The van der Waals surface area contributed by atoms with Gasteiger partial charge in [-0.2, -0.15) is 5.10 Å². The molecule has 150 valence electrons. The fraction of sp³-hybridized carbons (Fsp3) is 0.208. The molecule has 0 amide bonds. The Kier molecular flexibility index (Phi) is 4.35. The van der Waals surface area contributed by atoms with E-state index in [2.05, 4.69) is 5.10 Å². The molecule has 0 saturated carbocycles. The first-order valence-electron chi connectivity index (χ1n) is 9.85. The first kappa shape index (κ1) is 18.5. The highest BCUT2D eigenvalue weighted by Gasteiger charge is 2.29. The zero-order valence-electron chi connectivity index (χ0n) is 16.7. The molecule has 2 aromatic heterocycles. The van der Waals surface area contributed by atoms with Crippen LogP contribution in [0.25, 0.3) is 16.8 Å². The van der Waals surface area contributed by atoms with Crippen LogP contribution in [-0.2, 0) is 6.42 Å². The molecule has 0 saturated heterocycles. The molecule has 1 aliphatic carbocycles. The van der Waals surface area contributed by atoms with Crippen LogP contribution in [0, 0.1) is 12.7 Å². The second kappa shape index (κ2) is 7.06. The number of methoxy groups -OCH3 is 1. The van der Waals surface area contributed by atoms with Crippen LogP contribution in [0.5, 0.6) is 5.75 Å². The highest BCUT2D eigenvalue weighted by molar-refractivity contribution is 5.99. The lowest BCUT2D eigenvalue weighted by atomic mass is 9.82. The molecule has 1 unspecified atom stereocenters. The minimum Gasteiger partial charge on any atom is -0.497 e. The summed E-state index contributed by atoms with van der Waals surface area (Å²) < 4.78 is 20.3. The van der Waals surface area contributed by atoms with Crippen molar-refractivity contribution in [3.63, 3.8) is 0 Å². The van der Waals surface area contributed by atoms with E-state index in [-0.39, 0.29) is 17.5 Å². The minimum absolute atomic E-state index is 0.0722. The number of fused-ring (bicyclic) bond motifs is 2. The average molecular weight is 401 g/mol. The van der Waals surface area contributed by atoms with Crippen molar-refractivity contribution in [2.75, 3.05) is 7.11 Å². The van der Waals surface area contributed by atoms with Gasteiger partial charge >= 0.3 is 0 Å². The summed E-state index contributed by atoms with van der Waals surface area (Å²) in [6.45, 7) is 1.90. The number of carbonyl (C=O) groups is 1. The van der Waals surface area contributed by atoms with Gasteiger partial charge in [0.25, 0.3) is 0 Å². The molecule has 6 heteroatoms. The third kappa shape index (κ3) is 3.05. The third-order valence-corrected chi connectivity index (χ3v) is 5.76. The average Bonchev–Trinajstić information content (AvgIpc) is 3.08. The maximum absolute atomic E-state index is 13.4. The van der Waals surface area contributed by atoms with Crippen molar-refractivity contribution in [2.24, 2.45) is 0 Å². The van der Waals surface area contributed by atoms with Crippen LogP contribution in [0.2, 0.25) is 0 Å². The van der Waals surface area contributed by atoms with E-state index in [1.54, 1.807) is 30.0 Å². The maximum Gasteiger partial charge on any atom is 0.166 e. The van der Waals surface area contributed by atoms with E-state index in [0.29, 0.717) is 24.1 Å². The van der Waals surface area contributed by atoms with Gasteiger partial charge in [-0.25, -0.2) is 13.9 Å². The fourth-order valence-electron chi connectivity index (χ4n) is 4.21. The number of Topliss-reactive ketones (excluding diaryl/α,β-unsaturated/α-hetero) is 1. The maximum atomic E-state index is 13.4. The van der Waals surface area contributed by atoms with Gasteiger partial charge in [0.05, 0.1) is 24.1 Å². The molecule has 30 heavy (non-hydrogen) atoms. The second-order valence-corrected chi connectivity index (χ2v) is 7.64. The Balaban J connectivity index is 1.59. The number of aryl methyl sites for hydroxylation is 1. The van der Waals surface area contributed by atoms with Crippen LogP contribution in [0.3, 0.4) is 0 Å². The SMILES string of the molecule is COc1ccc(C2CC(=O)c3cn4nc(C)c(-c5ccc(F)cc5)c4nc3C2)cc1. The molecule has 2 aromatic carbocycles. The topological polar surface area (TPSA) is 56.5 Å². The van der Waals surface area contributed by atoms with Gasteiger partial charge in [-0.05, 0) is 54.7 Å². The van der Waals surface area contributed by atoms with Crippen LogP contribution in [0.1, 0.15) is 39.6 Å². The highest BCUT2D eigenvalue weighted by atomic mass is 19.1. The molecule has 0 spiro atoms. The molecule has 0 aliphatic heterocycles. The van der Waals surface area contributed by atoms with E-state index in [0.717, 1.165) is 33.8 Å². The van der Waals surface area contributed by atoms with Crippen molar-refractivity contribution < 1.29 is 13.9 Å². The molecule has 0 radical (unpaired) electrons. The Labute approximate surface area is 173 Å². The normalized spacial score (nSPS) is 16.0. The Bertz CT molecular complexity index is 1260. The number of hydrogen-bond acceptors (Lipinski definition) is 4. The Morgan fingerprint density at radius 2 is 1.80 bits per heavy atom. The summed E-state index contributed by atoms with van der Waals surface area (Å²) in [6, 6.07) is 14.2. The number of halogens is 1. The molecule has 1 atom stereocenters. The number of carbonyl (C=O) groups excluding carboxylic acids is 1. The summed E-state index contributed by atoms with van der Waals surface area (Å²) in [5.74, 6) is 0.651. The number of rotatable bonds is 3. The number of benzene rings is 2. The van der Waals surface area contributed by atoms with Gasteiger partial charge in [0.1, 0.15) is 11.6 Å². The lowest BCUT2D eigenvalue weighted by molar-refractivity contribution is 0.0962. The number of nitrogens with zero attached hydrogens (tertiary/aromatic N) is 3. The van der Waals surface area contributed by atoms with E-state index in [1.165, 1.54) is 12.1 Å². The molecule has 2 heterocycles. The van der Waals surface area contributed by atoms with Gasteiger partial charge in [-0.3, -0.25) is 4.79 Å². The van der Waals surface area contributed by atoms with E-state index < -0.39 is 0 Å². The van der Waals surface area contributed by atoms with Gasteiger partial charge in [-0.15, -0.1) is 0 Å². The van der Waals surface area contributed by atoms with Crippen molar-refractivity contribution in [1.29, 1.82) is 0 Å². The molecule has 0 bridgehead atoms. The summed E-state index contributed by atoms with van der Waals surface area (Å²) in [6.07, 6.45) is 2.90. The molecule has 5 nitrogen and oxygen atoms in total. The number of ether oxygens (including phenoxy) is 1. The van der Waals surface area contributed by atoms with Crippen molar-refractivity contribution in [2.45, 2.75) is 25.7 Å². The number of hydrogen-bond donors (Lipinski definition) is 0. The summed E-state index contributed by atoms with van der Waals surface area (Å²) in [5, 5.41) is 4.55. The number of ketones is 1. The predicted octanol–water partition coefficient (Wildman–Crippen LogP) is 4.77. The van der Waals surface area contributed by atoms with Gasteiger partial charge in [0.15, 0.2) is 11.4 Å². The lowest BCUT2D eigenvalue weighted by Gasteiger charge is -2.23. The van der Waals surface area contributed by atoms with Gasteiger partial charge in [0, 0.05) is 18.2 Å². The quantitative estimate of drug-likeness (QED) is 0.496. The largest absolute Gasteiger partial charge is 0.497 e. The van der Waals surface area contributed by atoms with Crippen molar-refractivity contribution in [3.8, 4) is 16.9 Å². The lowest BCUT2D eigenvalue weighted by Crippen LogP contribution is -2.21. The summed E-state index contributed by atoms with van der Waals surface area (Å²) in [4.78, 5) is 17.7. The standard InChI is InChI=1S/C24H20FN3O2/c1-14-23(16-3-7-18(25)8-4-16)24-26-21-11-17(15-5-9-19(30-2)10-6-15)12-22(29)20(21)13-28(24)27-14/h3-10,13,17H,11-12H2,1-2H3. The van der Waals surface area contributed by atoms with E-state index in [9.17, 15) is 9.18 Å². The Morgan fingerprint density at radius 3 is 2.50 bits per heavy atom. The molecule has 1 aliphatic rings. The summed E-state index contributed by atoms with van der Waals surface area (Å²) in [7, 11) is 1.64. The van der Waals surface area contributed by atoms with E-state index in [1.807, 2.05) is 31.2 Å². The highest BCUT2D eigenvalue weighted by Crippen LogP contribution is 2.35. The molecular weight excluding hydrogens is 381 g/mol. The van der Waals surface area contributed by atoms with Crippen LogP contribution in [0.15, 0.2) is 54.7 Å². The molecule has 0 N–H and O–H groups in total. The molecule has 0 fully saturated rings. The van der Waals surface area contributed by atoms with Crippen molar-refractivity contribution >= 4 is 11.4 Å². The van der Waals surface area contributed by atoms with Crippen molar-refractivity contribution in [1.82, 2.24) is 14.6 Å². The van der Waals surface area contributed by atoms with Crippen LogP contribution in [-0.4, -0.2) is 27.5 Å². The number of aromatic nitrogens is 3. The Hall–Kier alpha value is -3.54. The van der Waals surface area contributed by atoms with Crippen LogP contribution >= 0.6 is 0 Å². The zero-order chi connectivity index (χ0) is 20.8. The molecular formula is C24H20FN3O2. The monoisotopic (exact) mass is 401 g/mol. The van der Waals surface area contributed by atoms with Gasteiger partial charge < -0.3 is 4.74 Å². The van der Waals surface area contributed by atoms with Gasteiger partial charge in [0.2, 0.25) is 0 Å².